The Morgan fingerprint density at radius 2 is 2.07 bits per heavy atom. The van der Waals surface area contributed by atoms with E-state index in [1.165, 1.54) is 12.1 Å². The summed E-state index contributed by atoms with van der Waals surface area (Å²) in [7, 11) is 1.59. The van der Waals surface area contributed by atoms with Crippen molar-refractivity contribution < 1.29 is 9.66 Å². The Morgan fingerprint density at radius 1 is 1.41 bits per heavy atom. The van der Waals surface area contributed by atoms with Crippen LogP contribution in [-0.4, -0.2) is 33.2 Å². The van der Waals surface area contributed by atoms with Crippen LogP contribution in [0.1, 0.15) is 23.6 Å². The second-order valence-electron chi connectivity index (χ2n) is 6.05. The lowest BCUT2D eigenvalue weighted by atomic mass is 9.94. The minimum Gasteiger partial charge on any atom is -0.496 e. The van der Waals surface area contributed by atoms with Crippen LogP contribution in [0, 0.1) is 10.1 Å². The molecule has 0 N–H and O–H groups in total. The third kappa shape index (κ3) is 3.97. The van der Waals surface area contributed by atoms with Gasteiger partial charge in [-0.3, -0.25) is 10.1 Å². The topological polar surface area (TPSA) is 68.0 Å². The van der Waals surface area contributed by atoms with Crippen molar-refractivity contribution >= 4 is 55.6 Å². The predicted octanol–water partition coefficient (Wildman–Crippen LogP) is 4.89. The van der Waals surface area contributed by atoms with Crippen LogP contribution in [0.4, 0.5) is 5.69 Å². The molecule has 27 heavy (non-hydrogen) atoms. The molecule has 9 heteroatoms. The van der Waals surface area contributed by atoms with Crippen LogP contribution in [0.2, 0.25) is 0 Å². The molecule has 0 amide bonds. The van der Waals surface area contributed by atoms with Crippen LogP contribution < -0.4 is 4.74 Å². The van der Waals surface area contributed by atoms with Gasteiger partial charge in [0.25, 0.3) is 5.69 Å². The van der Waals surface area contributed by atoms with Gasteiger partial charge in [0.15, 0.2) is 4.45 Å². The van der Waals surface area contributed by atoms with Crippen molar-refractivity contribution in [2.75, 3.05) is 7.11 Å². The van der Waals surface area contributed by atoms with E-state index in [4.69, 9.17) is 28.6 Å². The molecule has 1 aliphatic heterocycles. The number of methoxy groups -OCH3 is 1. The maximum absolute atomic E-state index is 11.0. The van der Waals surface area contributed by atoms with Crippen LogP contribution >= 0.6 is 39.7 Å². The molecule has 1 unspecified atom stereocenters. The molecule has 0 aliphatic carbocycles. The van der Waals surface area contributed by atoms with Crippen molar-refractivity contribution in [3.63, 3.8) is 0 Å². The molecule has 0 saturated carbocycles. The van der Waals surface area contributed by atoms with Crippen molar-refractivity contribution in [1.29, 1.82) is 0 Å². The number of rotatable bonds is 3. The number of hydrogen-bond donors (Lipinski definition) is 0. The number of fused-ring (bicyclic) bond motifs is 1. The zero-order chi connectivity index (χ0) is 19.7. The highest BCUT2D eigenvalue weighted by Gasteiger charge is 2.26. The van der Waals surface area contributed by atoms with Crippen molar-refractivity contribution in [2.24, 2.45) is 5.10 Å². The number of hydrazone groups is 1. The molecule has 1 heterocycles. The molecule has 2 aromatic rings. The Kier molecular flexibility index (Phi) is 5.78. The van der Waals surface area contributed by atoms with Gasteiger partial charge in [-0.1, -0.05) is 11.6 Å². The minimum atomic E-state index is -0.435. The molecule has 140 valence electrons. The van der Waals surface area contributed by atoms with E-state index in [1.807, 2.05) is 19.1 Å². The van der Waals surface area contributed by atoms with Crippen LogP contribution in [0.15, 0.2) is 46.0 Å². The monoisotopic (exact) mass is 467 g/mol. The van der Waals surface area contributed by atoms with Gasteiger partial charge in [0.2, 0.25) is 0 Å². The molecule has 0 saturated heterocycles. The smallest absolute Gasteiger partial charge is 0.269 e. The fourth-order valence-electron chi connectivity index (χ4n) is 2.97. The Bertz CT molecular complexity index is 950. The van der Waals surface area contributed by atoms with E-state index >= 15 is 0 Å². The van der Waals surface area contributed by atoms with Gasteiger partial charge >= 0.3 is 0 Å². The lowest BCUT2D eigenvalue weighted by Crippen LogP contribution is -2.31. The summed E-state index contributed by atoms with van der Waals surface area (Å²) in [4.78, 5) is 10.5. The normalized spacial score (nSPS) is 16.2. The molecule has 0 aromatic heterocycles. The summed E-state index contributed by atoms with van der Waals surface area (Å²) in [6.07, 6.45) is 0.671. The first-order valence-electron chi connectivity index (χ1n) is 8.00. The summed E-state index contributed by atoms with van der Waals surface area (Å²) < 4.78 is 6.40. The van der Waals surface area contributed by atoms with Gasteiger partial charge in [-0.15, -0.1) is 0 Å². The Hall–Kier alpha value is -2.03. The van der Waals surface area contributed by atoms with Crippen LogP contribution in [0.25, 0.3) is 0 Å². The van der Waals surface area contributed by atoms with Gasteiger partial charge in [-0.25, -0.2) is 5.01 Å². The van der Waals surface area contributed by atoms with Gasteiger partial charge < -0.3 is 4.74 Å². The van der Waals surface area contributed by atoms with Gasteiger partial charge in [-0.05, 0) is 71.3 Å². The van der Waals surface area contributed by atoms with Gasteiger partial charge in [-0.2, -0.15) is 5.10 Å². The first-order chi connectivity index (χ1) is 12.8. The predicted molar refractivity (Wildman–Crippen MR) is 113 cm³/mol. The molecular formula is C18H15BrClN3O3S. The number of hydrogen-bond acceptors (Lipinski definition) is 5. The number of nitro benzene ring substituents is 1. The number of ether oxygens (including phenoxy) is 1. The first-order valence-corrected chi connectivity index (χ1v) is 9.58. The molecule has 0 fully saturated rings. The third-order valence-corrected chi connectivity index (χ3v) is 5.28. The standard InChI is InChI=1S/C18H15BrClN3O3S/c1-10-7-12-8-15(19)16(26-2)9-14(12)17(21-22(10)18(20)27)11-3-5-13(6-4-11)23(24)25/h3-6,8-10H,7H2,1-2H3. The maximum Gasteiger partial charge on any atom is 0.269 e. The Balaban J connectivity index is 2.22. The summed E-state index contributed by atoms with van der Waals surface area (Å²) in [5, 5.41) is 17.2. The highest BCUT2D eigenvalue weighted by molar-refractivity contribution is 9.10. The molecule has 0 bridgehead atoms. The molecule has 1 aliphatic rings. The number of thiocarbonyl (C=S) groups is 1. The fraction of sp³-hybridized carbons (Fsp3) is 0.222. The summed E-state index contributed by atoms with van der Waals surface area (Å²) in [5.74, 6) is 0.665. The van der Waals surface area contributed by atoms with E-state index < -0.39 is 4.92 Å². The zero-order valence-electron chi connectivity index (χ0n) is 14.5. The third-order valence-electron chi connectivity index (χ3n) is 4.31. The summed E-state index contributed by atoms with van der Waals surface area (Å²) in [6.45, 7) is 1.98. The lowest BCUT2D eigenvalue weighted by Gasteiger charge is -2.22. The highest BCUT2D eigenvalue weighted by Crippen LogP contribution is 2.33. The Morgan fingerprint density at radius 3 is 2.63 bits per heavy atom. The van der Waals surface area contributed by atoms with Crippen molar-refractivity contribution in [1.82, 2.24) is 5.01 Å². The van der Waals surface area contributed by atoms with Crippen molar-refractivity contribution in [3.05, 3.63) is 67.7 Å². The molecule has 0 spiro atoms. The average molecular weight is 469 g/mol. The quantitative estimate of drug-likeness (QED) is 0.211. The largest absolute Gasteiger partial charge is 0.496 e. The summed E-state index contributed by atoms with van der Waals surface area (Å²) in [5.41, 5.74) is 3.27. The molecular weight excluding hydrogens is 454 g/mol. The SMILES string of the molecule is COc1cc2c(cc1Br)CC(C)N(C(=S)Cl)N=C2c1ccc([N+](=O)[O-])cc1. The van der Waals surface area contributed by atoms with E-state index in [1.54, 1.807) is 24.3 Å². The molecule has 0 radical (unpaired) electrons. The van der Waals surface area contributed by atoms with Gasteiger partial charge in [0.1, 0.15) is 5.75 Å². The van der Waals surface area contributed by atoms with Crippen molar-refractivity contribution in [3.8, 4) is 5.75 Å². The number of halogens is 2. The number of nitro groups is 1. The van der Waals surface area contributed by atoms with E-state index in [0.717, 1.165) is 21.2 Å². The number of non-ortho nitro benzene ring substituents is 1. The molecule has 6 nitrogen and oxygen atoms in total. The van der Waals surface area contributed by atoms with E-state index in [2.05, 4.69) is 21.0 Å². The lowest BCUT2D eigenvalue weighted by molar-refractivity contribution is -0.384. The second-order valence-corrected chi connectivity index (χ2v) is 7.87. The van der Waals surface area contributed by atoms with Gasteiger partial charge in [0, 0.05) is 23.3 Å². The summed E-state index contributed by atoms with van der Waals surface area (Å²) >= 11 is 14.8. The van der Waals surface area contributed by atoms with Crippen molar-refractivity contribution in [2.45, 2.75) is 19.4 Å². The number of nitrogens with zero attached hydrogens (tertiary/aromatic N) is 3. The molecule has 3 rings (SSSR count). The van der Waals surface area contributed by atoms with E-state index in [-0.39, 0.29) is 16.2 Å². The van der Waals surface area contributed by atoms with Crippen LogP contribution in [-0.2, 0) is 6.42 Å². The summed E-state index contributed by atoms with van der Waals surface area (Å²) in [6, 6.07) is 10.1. The molecule has 2 aromatic carbocycles. The maximum atomic E-state index is 11.0. The average Bonchev–Trinajstić information content (AvgIpc) is 2.76. The zero-order valence-corrected chi connectivity index (χ0v) is 17.6. The molecule has 1 atom stereocenters. The second kappa shape index (κ2) is 7.92. The highest BCUT2D eigenvalue weighted by atomic mass is 79.9. The minimum absolute atomic E-state index is 0.0136. The van der Waals surface area contributed by atoms with Crippen LogP contribution in [0.3, 0.4) is 0 Å². The first kappa shape index (κ1) is 19.7. The van der Waals surface area contributed by atoms with E-state index in [9.17, 15) is 10.1 Å². The van der Waals surface area contributed by atoms with E-state index in [0.29, 0.717) is 17.9 Å². The van der Waals surface area contributed by atoms with Gasteiger partial charge in [0.05, 0.1) is 28.3 Å². The fourth-order valence-corrected chi connectivity index (χ4v) is 3.95. The van der Waals surface area contributed by atoms with Crippen LogP contribution in [0.5, 0.6) is 5.75 Å². The Labute approximate surface area is 175 Å². The number of benzene rings is 2.